The van der Waals surface area contributed by atoms with E-state index in [1.54, 1.807) is 0 Å². The van der Waals surface area contributed by atoms with Crippen molar-refractivity contribution in [2.45, 2.75) is 46.1 Å². The third kappa shape index (κ3) is 4.21. The van der Waals surface area contributed by atoms with Gasteiger partial charge in [-0.05, 0) is 49.8 Å². The molecule has 20 heavy (non-hydrogen) atoms. The van der Waals surface area contributed by atoms with Crippen molar-refractivity contribution in [3.63, 3.8) is 0 Å². The highest BCUT2D eigenvalue weighted by atomic mass is 16.3. The van der Waals surface area contributed by atoms with Crippen LogP contribution in [-0.2, 0) is 19.3 Å². The molecule has 2 rings (SSSR count). The Hall–Kier alpha value is -1.60. The predicted molar refractivity (Wildman–Crippen MR) is 85.2 cm³/mol. The van der Waals surface area contributed by atoms with Crippen LogP contribution < -0.4 is 0 Å². The van der Waals surface area contributed by atoms with Gasteiger partial charge >= 0.3 is 0 Å². The molecule has 0 radical (unpaired) electrons. The van der Waals surface area contributed by atoms with Gasteiger partial charge < -0.3 is 5.11 Å². The van der Waals surface area contributed by atoms with Crippen LogP contribution >= 0.6 is 0 Å². The van der Waals surface area contributed by atoms with Crippen molar-refractivity contribution in [2.75, 3.05) is 0 Å². The molecule has 0 aliphatic carbocycles. The Labute approximate surface area is 122 Å². The van der Waals surface area contributed by atoms with Crippen molar-refractivity contribution in [2.24, 2.45) is 0 Å². The summed E-state index contributed by atoms with van der Waals surface area (Å²) in [6, 6.07) is 15.1. The summed E-state index contributed by atoms with van der Waals surface area (Å²) in [6.45, 7) is 6.36. The molecule has 1 nitrogen and oxygen atoms in total. The smallest absolute Gasteiger partial charge is 0.0620 e. The molecule has 106 valence electrons. The van der Waals surface area contributed by atoms with E-state index in [0.717, 1.165) is 19.3 Å². The van der Waals surface area contributed by atoms with Crippen LogP contribution in [0, 0.1) is 13.8 Å². The van der Waals surface area contributed by atoms with Crippen molar-refractivity contribution in [1.82, 2.24) is 0 Å². The number of hydrogen-bond donors (Lipinski definition) is 1. The second-order valence-corrected chi connectivity index (χ2v) is 5.73. The van der Waals surface area contributed by atoms with E-state index in [1.807, 2.05) is 0 Å². The van der Waals surface area contributed by atoms with Crippen LogP contribution in [0.5, 0.6) is 0 Å². The molecule has 0 bridgehead atoms. The lowest BCUT2D eigenvalue weighted by atomic mass is 9.98. The molecule has 1 N–H and O–H groups in total. The first-order valence-electron chi connectivity index (χ1n) is 7.40. The Morgan fingerprint density at radius 2 is 1.30 bits per heavy atom. The summed E-state index contributed by atoms with van der Waals surface area (Å²) in [6.07, 6.45) is 2.18. The second-order valence-electron chi connectivity index (χ2n) is 5.73. The molecule has 0 aliphatic rings. The summed E-state index contributed by atoms with van der Waals surface area (Å²) in [5.41, 5.74) is 6.30. The first-order chi connectivity index (χ1) is 9.56. The first-order valence-corrected chi connectivity index (χ1v) is 7.40. The molecule has 0 heterocycles. The molecular formula is C19H24O. The molecule has 0 saturated carbocycles. The maximum Gasteiger partial charge on any atom is 0.0620 e. The Bertz CT molecular complexity index is 534. The van der Waals surface area contributed by atoms with Gasteiger partial charge in [0.25, 0.3) is 0 Å². The van der Waals surface area contributed by atoms with Gasteiger partial charge in [0.2, 0.25) is 0 Å². The van der Waals surface area contributed by atoms with Gasteiger partial charge in [0, 0.05) is 0 Å². The van der Waals surface area contributed by atoms with Crippen molar-refractivity contribution >= 4 is 0 Å². The lowest BCUT2D eigenvalue weighted by Gasteiger charge is -2.12. The van der Waals surface area contributed by atoms with Gasteiger partial charge in [-0.25, -0.2) is 0 Å². The van der Waals surface area contributed by atoms with Gasteiger partial charge in [-0.3, -0.25) is 0 Å². The van der Waals surface area contributed by atoms with E-state index in [2.05, 4.69) is 63.2 Å². The number of aliphatic hydroxyl groups excluding tert-OH is 1. The fourth-order valence-electron chi connectivity index (χ4n) is 2.71. The van der Waals surface area contributed by atoms with Crippen molar-refractivity contribution in [3.05, 3.63) is 70.3 Å². The molecule has 0 fully saturated rings. The molecule has 1 unspecified atom stereocenters. The predicted octanol–water partition coefficient (Wildman–Crippen LogP) is 4.01. The summed E-state index contributed by atoms with van der Waals surface area (Å²) in [5.74, 6) is 0. The van der Waals surface area contributed by atoms with Crippen LogP contribution in [0.3, 0.4) is 0 Å². The molecule has 0 spiro atoms. The van der Waals surface area contributed by atoms with E-state index in [0.29, 0.717) is 0 Å². The monoisotopic (exact) mass is 268 g/mol. The highest BCUT2D eigenvalue weighted by Crippen LogP contribution is 2.14. The number of aliphatic hydroxyl groups is 1. The standard InChI is InChI=1S/C19H24O/c1-4-16-5-7-17(8-6-16)12-19(20)13-18-10-14(2)9-15(3)11-18/h5-11,19-20H,4,12-13H2,1-3H3. The highest BCUT2D eigenvalue weighted by molar-refractivity contribution is 5.29. The van der Waals surface area contributed by atoms with E-state index >= 15 is 0 Å². The van der Waals surface area contributed by atoms with E-state index in [1.165, 1.54) is 27.8 Å². The lowest BCUT2D eigenvalue weighted by Crippen LogP contribution is -2.14. The van der Waals surface area contributed by atoms with Crippen molar-refractivity contribution in [3.8, 4) is 0 Å². The summed E-state index contributed by atoms with van der Waals surface area (Å²) in [5, 5.41) is 10.3. The van der Waals surface area contributed by atoms with E-state index in [-0.39, 0.29) is 6.10 Å². The van der Waals surface area contributed by atoms with Crippen LogP contribution in [0.15, 0.2) is 42.5 Å². The van der Waals surface area contributed by atoms with Gasteiger partial charge in [-0.2, -0.15) is 0 Å². The van der Waals surface area contributed by atoms with Crippen molar-refractivity contribution in [1.29, 1.82) is 0 Å². The first kappa shape index (κ1) is 14.8. The molecule has 0 aliphatic heterocycles. The van der Waals surface area contributed by atoms with Crippen molar-refractivity contribution < 1.29 is 5.11 Å². The molecule has 2 aromatic rings. The van der Waals surface area contributed by atoms with E-state index in [9.17, 15) is 5.11 Å². The molecule has 0 amide bonds. The van der Waals surface area contributed by atoms with E-state index in [4.69, 9.17) is 0 Å². The topological polar surface area (TPSA) is 20.2 Å². The van der Waals surface area contributed by atoms with Crippen LogP contribution in [0.1, 0.15) is 34.7 Å². The van der Waals surface area contributed by atoms with E-state index < -0.39 is 0 Å². The SMILES string of the molecule is CCc1ccc(CC(O)Cc2cc(C)cc(C)c2)cc1. The van der Waals surface area contributed by atoms with Gasteiger partial charge in [-0.1, -0.05) is 60.5 Å². The van der Waals surface area contributed by atoms with Crippen LogP contribution in [0.25, 0.3) is 0 Å². The summed E-state index contributed by atoms with van der Waals surface area (Å²) >= 11 is 0. The Balaban J connectivity index is 1.98. The Morgan fingerprint density at radius 1 is 0.800 bits per heavy atom. The number of rotatable bonds is 5. The quantitative estimate of drug-likeness (QED) is 0.868. The zero-order valence-corrected chi connectivity index (χ0v) is 12.7. The second kappa shape index (κ2) is 6.71. The lowest BCUT2D eigenvalue weighted by molar-refractivity contribution is 0.175. The molecular weight excluding hydrogens is 244 g/mol. The average molecular weight is 268 g/mol. The minimum Gasteiger partial charge on any atom is -0.392 e. The van der Waals surface area contributed by atoms with Gasteiger partial charge in [0.15, 0.2) is 0 Å². The normalized spacial score (nSPS) is 12.4. The van der Waals surface area contributed by atoms with Crippen LogP contribution in [-0.4, -0.2) is 11.2 Å². The van der Waals surface area contributed by atoms with Crippen LogP contribution in [0.4, 0.5) is 0 Å². The number of benzene rings is 2. The third-order valence-electron chi connectivity index (χ3n) is 3.66. The van der Waals surface area contributed by atoms with Gasteiger partial charge in [0.1, 0.15) is 0 Å². The summed E-state index contributed by atoms with van der Waals surface area (Å²) in [7, 11) is 0. The summed E-state index contributed by atoms with van der Waals surface area (Å²) < 4.78 is 0. The number of aryl methyl sites for hydroxylation is 3. The fraction of sp³-hybridized carbons (Fsp3) is 0.368. The minimum absolute atomic E-state index is 0.316. The largest absolute Gasteiger partial charge is 0.392 e. The maximum absolute atomic E-state index is 10.3. The Morgan fingerprint density at radius 3 is 1.85 bits per heavy atom. The molecule has 1 heteroatoms. The zero-order chi connectivity index (χ0) is 14.5. The maximum atomic E-state index is 10.3. The van der Waals surface area contributed by atoms with Gasteiger partial charge in [0.05, 0.1) is 6.10 Å². The highest BCUT2D eigenvalue weighted by Gasteiger charge is 2.08. The molecule has 0 saturated heterocycles. The summed E-state index contributed by atoms with van der Waals surface area (Å²) in [4.78, 5) is 0. The number of hydrogen-bond acceptors (Lipinski definition) is 1. The minimum atomic E-state index is -0.316. The third-order valence-corrected chi connectivity index (χ3v) is 3.66. The fourth-order valence-corrected chi connectivity index (χ4v) is 2.71. The van der Waals surface area contributed by atoms with Crippen LogP contribution in [0.2, 0.25) is 0 Å². The average Bonchev–Trinajstić information content (AvgIpc) is 2.38. The molecule has 2 aromatic carbocycles. The Kier molecular flexibility index (Phi) is 4.97. The van der Waals surface area contributed by atoms with Gasteiger partial charge in [-0.15, -0.1) is 0 Å². The molecule has 0 aromatic heterocycles. The zero-order valence-electron chi connectivity index (χ0n) is 12.7. The molecule has 1 atom stereocenters.